The molecule has 2 aromatic carbocycles. The van der Waals surface area contributed by atoms with Gasteiger partial charge in [-0.15, -0.1) is 0 Å². The number of benzene rings is 2. The molecule has 2 aliphatic rings. The summed E-state index contributed by atoms with van der Waals surface area (Å²) in [5, 5.41) is 2.88. The number of methoxy groups -OCH3 is 1. The molecule has 0 saturated carbocycles. The molecule has 158 valence electrons. The maximum absolute atomic E-state index is 13.3. The fraction of sp³-hybridized carbons (Fsp3) is 0.208. The number of carbonyl (C=O) groups is 3. The van der Waals surface area contributed by atoms with E-state index in [9.17, 15) is 14.4 Å². The van der Waals surface area contributed by atoms with E-state index in [0.29, 0.717) is 29.2 Å². The Labute approximate surface area is 179 Å². The van der Waals surface area contributed by atoms with Crippen LogP contribution >= 0.6 is 0 Å². The summed E-state index contributed by atoms with van der Waals surface area (Å²) in [7, 11) is 1.29. The summed E-state index contributed by atoms with van der Waals surface area (Å²) in [5.41, 5.74) is 3.25. The van der Waals surface area contributed by atoms with E-state index >= 15 is 0 Å². The normalized spacial score (nSPS) is 17.5. The van der Waals surface area contributed by atoms with Gasteiger partial charge in [-0.1, -0.05) is 42.5 Å². The fourth-order valence-corrected chi connectivity index (χ4v) is 3.66. The summed E-state index contributed by atoms with van der Waals surface area (Å²) < 4.78 is 10.6. The lowest BCUT2D eigenvalue weighted by Gasteiger charge is -2.20. The Morgan fingerprint density at radius 3 is 2.71 bits per heavy atom. The molecule has 1 N–H and O–H groups in total. The number of esters is 1. The minimum atomic E-state index is -0.764. The molecule has 4 rings (SSSR count). The average Bonchev–Trinajstić information content (AvgIpc) is 3.18. The topological polar surface area (TPSA) is 84.9 Å². The Hall–Kier alpha value is -3.87. The second kappa shape index (κ2) is 8.47. The van der Waals surface area contributed by atoms with Gasteiger partial charge >= 0.3 is 5.97 Å². The Morgan fingerprint density at radius 1 is 1.19 bits per heavy atom. The molecule has 0 aliphatic carbocycles. The van der Waals surface area contributed by atoms with Crippen molar-refractivity contribution in [1.29, 1.82) is 0 Å². The van der Waals surface area contributed by atoms with Crippen LogP contribution in [0.25, 0.3) is 0 Å². The van der Waals surface area contributed by atoms with Gasteiger partial charge in [0.1, 0.15) is 18.4 Å². The number of rotatable bonds is 5. The second-order valence-corrected chi connectivity index (χ2v) is 7.37. The molecule has 2 heterocycles. The van der Waals surface area contributed by atoms with Crippen LogP contribution in [0, 0.1) is 6.92 Å². The summed E-state index contributed by atoms with van der Waals surface area (Å²) in [5.74, 6) is -0.622. The highest BCUT2D eigenvalue weighted by Crippen LogP contribution is 2.37. The van der Waals surface area contributed by atoms with Gasteiger partial charge in [0, 0.05) is 12.6 Å². The van der Waals surface area contributed by atoms with Gasteiger partial charge in [0.25, 0.3) is 11.8 Å². The summed E-state index contributed by atoms with van der Waals surface area (Å²) in [4.78, 5) is 39.1. The number of carbonyl (C=O) groups excluding carboxylic acids is 3. The maximum atomic E-state index is 13.3. The molecule has 2 aromatic rings. The van der Waals surface area contributed by atoms with E-state index in [4.69, 9.17) is 4.74 Å². The average molecular weight is 418 g/mol. The number of nitrogens with zero attached hydrogens (tertiary/aromatic N) is 1. The first-order valence-corrected chi connectivity index (χ1v) is 9.87. The largest absolute Gasteiger partial charge is 0.486 e. The number of fused-ring (bicyclic) bond motifs is 2. The van der Waals surface area contributed by atoms with Crippen LogP contribution in [-0.4, -0.2) is 42.4 Å². The number of nitrogens with one attached hydrogen (secondary N) is 1. The predicted octanol–water partition coefficient (Wildman–Crippen LogP) is 3.01. The highest BCUT2D eigenvalue weighted by molar-refractivity contribution is 6.12. The molecule has 0 fully saturated rings. The number of anilines is 1. The number of aryl methyl sites for hydroxylation is 1. The van der Waals surface area contributed by atoms with E-state index in [1.807, 2.05) is 43.3 Å². The zero-order chi connectivity index (χ0) is 22.0. The van der Waals surface area contributed by atoms with Crippen LogP contribution in [0.2, 0.25) is 0 Å². The molecule has 0 unspecified atom stereocenters. The van der Waals surface area contributed by atoms with E-state index in [1.165, 1.54) is 18.1 Å². The molecule has 1 atom stereocenters. The van der Waals surface area contributed by atoms with E-state index in [2.05, 4.69) is 10.1 Å². The molecule has 2 amide bonds. The van der Waals surface area contributed by atoms with Gasteiger partial charge in [-0.3, -0.25) is 9.59 Å². The lowest BCUT2D eigenvalue weighted by atomic mass is 10.1. The van der Waals surface area contributed by atoms with Crippen LogP contribution in [-0.2, 0) is 20.9 Å². The second-order valence-electron chi connectivity index (χ2n) is 7.37. The Kier molecular flexibility index (Phi) is 5.58. The van der Waals surface area contributed by atoms with Gasteiger partial charge in [0.05, 0.1) is 18.4 Å². The van der Waals surface area contributed by atoms with Crippen LogP contribution < -0.4 is 10.1 Å². The van der Waals surface area contributed by atoms with Crippen LogP contribution in [0.15, 0.2) is 66.3 Å². The lowest BCUT2D eigenvalue weighted by molar-refractivity contribution is -0.134. The number of hydrogen-bond acceptors (Lipinski definition) is 5. The van der Waals surface area contributed by atoms with Crippen molar-refractivity contribution in [1.82, 2.24) is 4.90 Å². The highest BCUT2D eigenvalue weighted by Gasteiger charge is 2.39. The molecule has 0 spiro atoms. The molecule has 7 nitrogen and oxygen atoms in total. The van der Waals surface area contributed by atoms with Crippen molar-refractivity contribution in [3.63, 3.8) is 0 Å². The van der Waals surface area contributed by atoms with Crippen molar-refractivity contribution in [3.05, 3.63) is 83.0 Å². The van der Waals surface area contributed by atoms with Crippen LogP contribution in [0.4, 0.5) is 5.69 Å². The number of amides is 2. The van der Waals surface area contributed by atoms with Crippen molar-refractivity contribution in [3.8, 4) is 5.75 Å². The van der Waals surface area contributed by atoms with E-state index < -0.39 is 12.0 Å². The van der Waals surface area contributed by atoms with Gasteiger partial charge in [-0.2, -0.15) is 0 Å². The maximum Gasteiger partial charge on any atom is 0.330 e. The summed E-state index contributed by atoms with van der Waals surface area (Å²) in [6, 6.07) is 12.4. The SMILES string of the molecule is COC(=O)/C=C/C1=C[C@H]2C(=O)Nc3c(ccc(C)c3OCc3ccccc3)C(=O)N2C1. The standard InChI is InChI=1S/C24H22N2O5/c1-15-8-10-18-21(22(15)31-14-16-6-4-3-5-7-16)25-23(28)19-12-17(9-11-20(27)30-2)13-26(19)24(18)29/h3-12,19H,13-14H2,1-2H3,(H,25,28)/b11-9+/t19-/m0/s1. The molecule has 2 aliphatic heterocycles. The third kappa shape index (κ3) is 4.07. The van der Waals surface area contributed by atoms with Crippen LogP contribution in [0.5, 0.6) is 5.75 Å². The van der Waals surface area contributed by atoms with Gasteiger partial charge in [0.15, 0.2) is 0 Å². The van der Waals surface area contributed by atoms with Crippen molar-refractivity contribution in [2.75, 3.05) is 19.0 Å². The number of ether oxygens (including phenoxy) is 2. The minimum absolute atomic E-state index is 0.220. The third-order valence-electron chi connectivity index (χ3n) is 5.28. The summed E-state index contributed by atoms with van der Waals surface area (Å²) in [6.07, 6.45) is 4.51. The van der Waals surface area contributed by atoms with E-state index in [0.717, 1.165) is 11.1 Å². The first-order chi connectivity index (χ1) is 15.0. The first kappa shape index (κ1) is 20.4. The molecule has 31 heavy (non-hydrogen) atoms. The molecule has 7 heteroatoms. The Morgan fingerprint density at radius 2 is 1.97 bits per heavy atom. The van der Waals surface area contributed by atoms with Crippen molar-refractivity contribution in [2.45, 2.75) is 19.6 Å². The minimum Gasteiger partial charge on any atom is -0.486 e. The lowest BCUT2D eigenvalue weighted by Crippen LogP contribution is -2.40. The Balaban J connectivity index is 1.62. The highest BCUT2D eigenvalue weighted by atomic mass is 16.5. The monoisotopic (exact) mass is 418 g/mol. The zero-order valence-corrected chi connectivity index (χ0v) is 17.3. The zero-order valence-electron chi connectivity index (χ0n) is 17.3. The predicted molar refractivity (Wildman–Crippen MR) is 115 cm³/mol. The molecule has 0 aromatic heterocycles. The van der Waals surface area contributed by atoms with E-state index in [-0.39, 0.29) is 18.4 Å². The van der Waals surface area contributed by atoms with Crippen LogP contribution in [0.1, 0.15) is 21.5 Å². The molecule has 0 radical (unpaired) electrons. The van der Waals surface area contributed by atoms with Gasteiger partial charge in [-0.25, -0.2) is 4.79 Å². The molecular formula is C24H22N2O5. The van der Waals surface area contributed by atoms with Crippen LogP contribution in [0.3, 0.4) is 0 Å². The third-order valence-corrected chi connectivity index (χ3v) is 5.28. The van der Waals surface area contributed by atoms with Gasteiger partial charge in [-0.05, 0) is 35.8 Å². The molecular weight excluding hydrogens is 396 g/mol. The van der Waals surface area contributed by atoms with Crippen molar-refractivity contribution >= 4 is 23.5 Å². The molecule has 0 bridgehead atoms. The fourth-order valence-electron chi connectivity index (χ4n) is 3.66. The summed E-state index contributed by atoms with van der Waals surface area (Å²) in [6.45, 7) is 2.41. The summed E-state index contributed by atoms with van der Waals surface area (Å²) >= 11 is 0. The molecule has 0 saturated heterocycles. The number of hydrogen-bond donors (Lipinski definition) is 1. The van der Waals surface area contributed by atoms with Crippen molar-refractivity contribution in [2.24, 2.45) is 0 Å². The Bertz CT molecular complexity index is 1100. The van der Waals surface area contributed by atoms with Crippen molar-refractivity contribution < 1.29 is 23.9 Å². The van der Waals surface area contributed by atoms with E-state index in [1.54, 1.807) is 18.2 Å². The quantitative estimate of drug-likeness (QED) is 0.596. The van der Waals surface area contributed by atoms with Gasteiger partial charge in [0.2, 0.25) is 0 Å². The van der Waals surface area contributed by atoms with Gasteiger partial charge < -0.3 is 19.7 Å². The first-order valence-electron chi connectivity index (χ1n) is 9.87. The smallest absolute Gasteiger partial charge is 0.330 e.